The van der Waals surface area contributed by atoms with Crippen LogP contribution in [0.5, 0.6) is 23.4 Å². The van der Waals surface area contributed by atoms with E-state index in [9.17, 15) is 17.6 Å². The lowest BCUT2D eigenvalue weighted by molar-refractivity contribution is -0.141. The molecule has 3 heterocycles. The zero-order valence-corrected chi connectivity index (χ0v) is 14.9. The third-order valence-electron chi connectivity index (χ3n) is 3.32. The molecule has 0 unspecified atom stereocenters. The molecule has 0 aromatic carbocycles. The number of halogens is 4. The van der Waals surface area contributed by atoms with E-state index >= 15 is 0 Å². The van der Waals surface area contributed by atoms with Crippen LogP contribution in [0.4, 0.5) is 17.6 Å². The molecule has 144 valence electrons. The summed E-state index contributed by atoms with van der Waals surface area (Å²) < 4.78 is 68.2. The number of ether oxygens (including phenoxy) is 3. The van der Waals surface area contributed by atoms with Gasteiger partial charge in [-0.3, -0.25) is 0 Å². The third kappa shape index (κ3) is 4.67. The summed E-state index contributed by atoms with van der Waals surface area (Å²) in [4.78, 5) is 4.71. The van der Waals surface area contributed by atoms with Crippen LogP contribution >= 0.6 is 11.3 Å². The monoisotopic (exact) mass is 403 g/mol. The molecular weight excluding hydrogens is 390 g/mol. The molecule has 3 aromatic rings. The fourth-order valence-corrected chi connectivity index (χ4v) is 2.71. The van der Waals surface area contributed by atoms with Crippen molar-refractivity contribution in [1.82, 2.24) is 14.8 Å². The van der Waals surface area contributed by atoms with E-state index in [1.54, 1.807) is 6.07 Å². The van der Waals surface area contributed by atoms with Crippen LogP contribution in [0.15, 0.2) is 30.3 Å². The van der Waals surface area contributed by atoms with Gasteiger partial charge in [-0.2, -0.15) is 27.6 Å². The smallest absolute Gasteiger partial charge is 0.435 e. The van der Waals surface area contributed by atoms with Crippen LogP contribution in [0.2, 0.25) is 0 Å². The second-order valence-electron chi connectivity index (χ2n) is 5.27. The summed E-state index contributed by atoms with van der Waals surface area (Å²) in [5, 5.41) is 3.02. The molecule has 0 aliphatic heterocycles. The van der Waals surface area contributed by atoms with Gasteiger partial charge in [-0.15, -0.1) is 11.3 Å². The molecule has 0 fully saturated rings. The SMILES string of the molecule is COc1cc(OCc2ccc(F)s2)nc(Oc2cc(C(F)(F)F)nn2C)c1. The molecule has 27 heavy (non-hydrogen) atoms. The molecule has 0 aliphatic rings. The number of nitrogens with zero attached hydrogens (tertiary/aromatic N) is 3. The van der Waals surface area contributed by atoms with E-state index in [0.717, 1.165) is 22.1 Å². The Bertz CT molecular complexity index is 939. The summed E-state index contributed by atoms with van der Waals surface area (Å²) in [5.41, 5.74) is -1.08. The van der Waals surface area contributed by atoms with Crippen molar-refractivity contribution in [3.8, 4) is 23.4 Å². The van der Waals surface area contributed by atoms with E-state index in [4.69, 9.17) is 14.2 Å². The Hall–Kier alpha value is -2.82. The Kier molecular flexibility index (Phi) is 5.22. The van der Waals surface area contributed by atoms with Crippen molar-refractivity contribution in [2.45, 2.75) is 12.8 Å². The highest BCUT2D eigenvalue weighted by molar-refractivity contribution is 7.10. The third-order valence-corrected chi connectivity index (χ3v) is 4.16. The highest BCUT2D eigenvalue weighted by Crippen LogP contribution is 2.33. The highest BCUT2D eigenvalue weighted by atomic mass is 32.1. The Morgan fingerprint density at radius 3 is 2.48 bits per heavy atom. The number of pyridine rings is 1. The van der Waals surface area contributed by atoms with Gasteiger partial charge in [-0.05, 0) is 12.1 Å². The quantitative estimate of drug-likeness (QED) is 0.571. The zero-order chi connectivity index (χ0) is 19.6. The van der Waals surface area contributed by atoms with Gasteiger partial charge in [0.15, 0.2) is 10.8 Å². The molecule has 0 saturated heterocycles. The van der Waals surface area contributed by atoms with Crippen molar-refractivity contribution in [2.24, 2.45) is 7.05 Å². The molecule has 0 saturated carbocycles. The fourth-order valence-electron chi connectivity index (χ4n) is 2.07. The minimum Gasteiger partial charge on any atom is -0.496 e. The van der Waals surface area contributed by atoms with Crippen LogP contribution < -0.4 is 14.2 Å². The topological polar surface area (TPSA) is 58.4 Å². The number of aromatic nitrogens is 3. The summed E-state index contributed by atoms with van der Waals surface area (Å²) in [5.74, 6) is 0.231. The van der Waals surface area contributed by atoms with Crippen molar-refractivity contribution in [3.05, 3.63) is 46.0 Å². The average Bonchev–Trinajstić information content (AvgIpc) is 3.18. The number of rotatable bonds is 6. The lowest BCUT2D eigenvalue weighted by atomic mass is 10.4. The number of hydrogen-bond donors (Lipinski definition) is 0. The number of hydrogen-bond acceptors (Lipinski definition) is 6. The van der Waals surface area contributed by atoms with Gasteiger partial charge in [-0.25, -0.2) is 4.68 Å². The molecule has 0 N–H and O–H groups in total. The first-order valence-corrected chi connectivity index (χ1v) is 8.28. The fraction of sp³-hybridized carbons (Fsp3) is 0.250. The van der Waals surface area contributed by atoms with Crippen molar-refractivity contribution >= 4 is 11.3 Å². The minimum absolute atomic E-state index is 0.0431. The van der Waals surface area contributed by atoms with Crippen LogP contribution in [-0.4, -0.2) is 21.9 Å². The summed E-state index contributed by atoms with van der Waals surface area (Å²) in [7, 11) is 2.72. The molecule has 3 rings (SSSR count). The summed E-state index contributed by atoms with van der Waals surface area (Å²) in [6, 6.07) is 6.51. The second kappa shape index (κ2) is 7.43. The molecule has 0 atom stereocenters. The average molecular weight is 403 g/mol. The highest BCUT2D eigenvalue weighted by Gasteiger charge is 2.35. The van der Waals surface area contributed by atoms with Crippen LogP contribution in [-0.2, 0) is 19.8 Å². The zero-order valence-electron chi connectivity index (χ0n) is 14.1. The van der Waals surface area contributed by atoms with Crippen LogP contribution in [0.1, 0.15) is 10.6 Å². The molecule has 0 spiro atoms. The standard InChI is InChI=1S/C16H13F4N3O3S/c1-23-15(7-11(22-23)16(18,19)20)26-14-6-9(24-2)5-13(21-14)25-8-10-3-4-12(17)27-10/h3-7H,8H2,1-2H3. The molecule has 0 radical (unpaired) electrons. The van der Waals surface area contributed by atoms with Crippen LogP contribution in [0.25, 0.3) is 0 Å². The minimum atomic E-state index is -4.59. The molecular formula is C16H13F4N3O3S. The molecule has 0 aliphatic carbocycles. The lowest BCUT2D eigenvalue weighted by Crippen LogP contribution is -2.06. The van der Waals surface area contributed by atoms with E-state index < -0.39 is 11.9 Å². The number of alkyl halides is 3. The first-order valence-electron chi connectivity index (χ1n) is 7.47. The molecule has 0 amide bonds. The number of aryl methyl sites for hydroxylation is 1. The normalized spacial score (nSPS) is 11.5. The van der Waals surface area contributed by atoms with E-state index in [1.807, 2.05) is 0 Å². The van der Waals surface area contributed by atoms with E-state index in [0.29, 0.717) is 10.6 Å². The predicted octanol–water partition coefficient (Wildman–Crippen LogP) is 4.41. The maximum atomic E-state index is 13.0. The Labute approximate surface area is 154 Å². The van der Waals surface area contributed by atoms with Gasteiger partial charge in [0.2, 0.25) is 17.6 Å². The lowest BCUT2D eigenvalue weighted by Gasteiger charge is -2.10. The number of thiophene rings is 1. The predicted molar refractivity (Wildman–Crippen MR) is 87.7 cm³/mol. The van der Waals surface area contributed by atoms with Gasteiger partial charge in [0.1, 0.15) is 12.4 Å². The molecule has 0 bridgehead atoms. The first kappa shape index (κ1) is 19.0. The van der Waals surface area contributed by atoms with Gasteiger partial charge in [-0.1, -0.05) is 0 Å². The van der Waals surface area contributed by atoms with Crippen LogP contribution in [0, 0.1) is 5.13 Å². The first-order chi connectivity index (χ1) is 12.7. The van der Waals surface area contributed by atoms with Gasteiger partial charge in [0, 0.05) is 30.1 Å². The van der Waals surface area contributed by atoms with Gasteiger partial charge < -0.3 is 14.2 Å². The second-order valence-corrected chi connectivity index (χ2v) is 6.39. The Morgan fingerprint density at radius 1 is 1.15 bits per heavy atom. The molecule has 3 aromatic heterocycles. The van der Waals surface area contributed by atoms with Gasteiger partial charge in [0.25, 0.3) is 0 Å². The van der Waals surface area contributed by atoms with E-state index in [-0.39, 0.29) is 29.4 Å². The number of methoxy groups -OCH3 is 1. The van der Waals surface area contributed by atoms with Crippen molar-refractivity contribution in [2.75, 3.05) is 7.11 Å². The summed E-state index contributed by atoms with van der Waals surface area (Å²) >= 11 is 0.931. The van der Waals surface area contributed by atoms with Gasteiger partial charge in [0.05, 0.1) is 7.11 Å². The largest absolute Gasteiger partial charge is 0.496 e. The Balaban J connectivity index is 1.80. The summed E-state index contributed by atoms with van der Waals surface area (Å²) in [6.45, 7) is 0.0676. The maximum Gasteiger partial charge on any atom is 0.435 e. The van der Waals surface area contributed by atoms with Crippen molar-refractivity contribution < 1.29 is 31.8 Å². The van der Waals surface area contributed by atoms with Crippen molar-refractivity contribution in [3.63, 3.8) is 0 Å². The summed E-state index contributed by atoms with van der Waals surface area (Å²) in [6.07, 6.45) is -4.59. The van der Waals surface area contributed by atoms with Gasteiger partial charge >= 0.3 is 6.18 Å². The Morgan fingerprint density at radius 2 is 1.89 bits per heavy atom. The molecule has 6 nitrogen and oxygen atoms in total. The maximum absolute atomic E-state index is 13.0. The van der Waals surface area contributed by atoms with E-state index in [2.05, 4.69) is 10.1 Å². The van der Waals surface area contributed by atoms with E-state index in [1.165, 1.54) is 32.4 Å². The molecule has 11 heteroatoms. The van der Waals surface area contributed by atoms with Crippen molar-refractivity contribution in [1.29, 1.82) is 0 Å². The van der Waals surface area contributed by atoms with Crippen LogP contribution in [0.3, 0.4) is 0 Å².